The number of piperazine rings is 1. The molecule has 0 bridgehead atoms. The van der Waals surface area contributed by atoms with E-state index < -0.39 is 0 Å². The van der Waals surface area contributed by atoms with Crippen LogP contribution in [0, 0.1) is 6.92 Å². The predicted molar refractivity (Wildman–Crippen MR) is 102 cm³/mol. The SMILES string of the molecule is Cc1cc(OCC(=O)N2CC[NH+](Cc3cccc4ccccc34)CC2)no1. The molecular weight excluding hydrogens is 342 g/mol. The van der Waals surface area contributed by atoms with E-state index in [2.05, 4.69) is 47.6 Å². The number of carbonyl (C=O) groups is 1. The number of aromatic nitrogens is 1. The molecular formula is C21H24N3O3+. The van der Waals surface area contributed by atoms with Crippen LogP contribution in [-0.4, -0.2) is 48.7 Å². The summed E-state index contributed by atoms with van der Waals surface area (Å²) >= 11 is 0. The molecule has 6 heteroatoms. The molecule has 1 saturated heterocycles. The van der Waals surface area contributed by atoms with Crippen molar-refractivity contribution in [1.82, 2.24) is 10.1 Å². The summed E-state index contributed by atoms with van der Waals surface area (Å²) in [5.74, 6) is 1.03. The number of rotatable bonds is 5. The Morgan fingerprint density at radius 2 is 1.96 bits per heavy atom. The molecule has 140 valence electrons. The summed E-state index contributed by atoms with van der Waals surface area (Å²) in [7, 11) is 0. The fourth-order valence-corrected chi connectivity index (χ4v) is 3.60. The van der Waals surface area contributed by atoms with Crippen LogP contribution in [0.3, 0.4) is 0 Å². The number of nitrogens with one attached hydrogen (secondary N) is 1. The quantitative estimate of drug-likeness (QED) is 0.742. The van der Waals surface area contributed by atoms with Gasteiger partial charge in [-0.15, -0.1) is 0 Å². The van der Waals surface area contributed by atoms with Gasteiger partial charge < -0.3 is 19.1 Å². The maximum absolute atomic E-state index is 12.4. The van der Waals surface area contributed by atoms with Gasteiger partial charge in [-0.2, -0.15) is 0 Å². The van der Waals surface area contributed by atoms with Crippen LogP contribution in [0.25, 0.3) is 10.8 Å². The molecule has 3 aromatic rings. The second-order valence-electron chi connectivity index (χ2n) is 7.01. The third-order valence-electron chi connectivity index (χ3n) is 5.09. The highest BCUT2D eigenvalue weighted by Gasteiger charge is 2.24. The molecule has 1 N–H and O–H groups in total. The first kappa shape index (κ1) is 17.5. The van der Waals surface area contributed by atoms with Gasteiger partial charge in [0.2, 0.25) is 0 Å². The van der Waals surface area contributed by atoms with E-state index in [4.69, 9.17) is 9.26 Å². The van der Waals surface area contributed by atoms with Gasteiger partial charge in [-0.3, -0.25) is 4.79 Å². The van der Waals surface area contributed by atoms with Gasteiger partial charge in [0.25, 0.3) is 11.8 Å². The Kier molecular flexibility index (Phi) is 5.07. The smallest absolute Gasteiger partial charge is 0.260 e. The summed E-state index contributed by atoms with van der Waals surface area (Å²) in [6.45, 7) is 6.17. The van der Waals surface area contributed by atoms with Crippen LogP contribution < -0.4 is 9.64 Å². The topological polar surface area (TPSA) is 60.0 Å². The number of hydrogen-bond donors (Lipinski definition) is 1. The lowest BCUT2D eigenvalue weighted by molar-refractivity contribution is -0.917. The highest BCUT2D eigenvalue weighted by Crippen LogP contribution is 2.17. The van der Waals surface area contributed by atoms with Gasteiger partial charge in [0, 0.05) is 11.6 Å². The zero-order chi connectivity index (χ0) is 18.6. The number of nitrogens with zero attached hydrogens (tertiary/aromatic N) is 2. The van der Waals surface area contributed by atoms with Crippen LogP contribution in [0.1, 0.15) is 11.3 Å². The molecule has 1 fully saturated rings. The summed E-state index contributed by atoms with van der Waals surface area (Å²) in [5.41, 5.74) is 1.37. The van der Waals surface area contributed by atoms with Crippen LogP contribution >= 0.6 is 0 Å². The third kappa shape index (κ3) is 4.11. The number of quaternary nitrogens is 1. The van der Waals surface area contributed by atoms with Crippen molar-refractivity contribution in [2.45, 2.75) is 13.5 Å². The van der Waals surface area contributed by atoms with E-state index >= 15 is 0 Å². The Labute approximate surface area is 158 Å². The summed E-state index contributed by atoms with van der Waals surface area (Å²) in [6, 6.07) is 16.7. The van der Waals surface area contributed by atoms with Crippen molar-refractivity contribution in [3.05, 3.63) is 59.9 Å². The molecule has 2 heterocycles. The number of hydrogen-bond acceptors (Lipinski definition) is 4. The van der Waals surface area contributed by atoms with Crippen LogP contribution in [0.15, 0.2) is 53.1 Å². The Morgan fingerprint density at radius 3 is 2.74 bits per heavy atom. The molecule has 1 aliphatic rings. The van der Waals surface area contributed by atoms with Gasteiger partial charge >= 0.3 is 0 Å². The summed E-state index contributed by atoms with van der Waals surface area (Å²) in [6.07, 6.45) is 0. The minimum atomic E-state index is -0.000126. The first-order valence-corrected chi connectivity index (χ1v) is 9.33. The number of benzene rings is 2. The highest BCUT2D eigenvalue weighted by molar-refractivity contribution is 5.85. The van der Waals surface area contributed by atoms with E-state index in [1.54, 1.807) is 13.0 Å². The lowest BCUT2D eigenvalue weighted by Crippen LogP contribution is -3.13. The molecule has 0 atom stereocenters. The van der Waals surface area contributed by atoms with Crippen LogP contribution in [0.4, 0.5) is 0 Å². The van der Waals surface area contributed by atoms with E-state index in [9.17, 15) is 4.79 Å². The van der Waals surface area contributed by atoms with E-state index in [1.807, 2.05) is 4.90 Å². The third-order valence-corrected chi connectivity index (χ3v) is 5.09. The minimum Gasteiger partial charge on any atom is -0.465 e. The van der Waals surface area contributed by atoms with E-state index in [1.165, 1.54) is 21.2 Å². The molecule has 0 radical (unpaired) electrons. The number of aryl methyl sites for hydroxylation is 1. The van der Waals surface area contributed by atoms with Crippen LogP contribution in [0.5, 0.6) is 5.88 Å². The zero-order valence-electron chi connectivity index (χ0n) is 15.5. The molecule has 0 saturated carbocycles. The average molecular weight is 366 g/mol. The summed E-state index contributed by atoms with van der Waals surface area (Å²) in [4.78, 5) is 15.7. The molecule has 1 aliphatic heterocycles. The maximum Gasteiger partial charge on any atom is 0.260 e. The van der Waals surface area contributed by atoms with Gasteiger partial charge in [0.1, 0.15) is 12.3 Å². The van der Waals surface area contributed by atoms with Crippen molar-refractivity contribution >= 4 is 16.7 Å². The van der Waals surface area contributed by atoms with E-state index in [0.717, 1.165) is 32.7 Å². The van der Waals surface area contributed by atoms with Crippen LogP contribution in [-0.2, 0) is 11.3 Å². The van der Waals surface area contributed by atoms with Crippen molar-refractivity contribution in [2.75, 3.05) is 32.8 Å². The van der Waals surface area contributed by atoms with Crippen molar-refractivity contribution in [2.24, 2.45) is 0 Å². The largest absolute Gasteiger partial charge is 0.465 e. The summed E-state index contributed by atoms with van der Waals surface area (Å²) < 4.78 is 10.3. The highest BCUT2D eigenvalue weighted by atomic mass is 16.5. The van der Waals surface area contributed by atoms with Crippen molar-refractivity contribution in [1.29, 1.82) is 0 Å². The Hall–Kier alpha value is -2.86. The Balaban J connectivity index is 1.30. The molecule has 1 amide bonds. The second kappa shape index (κ2) is 7.80. The monoisotopic (exact) mass is 366 g/mol. The Morgan fingerprint density at radius 1 is 1.19 bits per heavy atom. The van der Waals surface area contributed by atoms with Crippen molar-refractivity contribution in [3.63, 3.8) is 0 Å². The maximum atomic E-state index is 12.4. The van der Waals surface area contributed by atoms with E-state index in [0.29, 0.717) is 11.6 Å². The lowest BCUT2D eigenvalue weighted by Gasteiger charge is -2.32. The molecule has 27 heavy (non-hydrogen) atoms. The van der Waals surface area contributed by atoms with Crippen molar-refractivity contribution in [3.8, 4) is 5.88 Å². The molecule has 6 nitrogen and oxygen atoms in total. The molecule has 0 spiro atoms. The average Bonchev–Trinajstić information content (AvgIpc) is 3.12. The van der Waals surface area contributed by atoms with Gasteiger partial charge in [-0.05, 0) is 22.9 Å². The number of carbonyl (C=O) groups excluding carboxylic acids is 1. The predicted octanol–water partition coefficient (Wildman–Crippen LogP) is 1.44. The van der Waals surface area contributed by atoms with Gasteiger partial charge in [-0.25, -0.2) is 0 Å². The van der Waals surface area contributed by atoms with Crippen LogP contribution in [0.2, 0.25) is 0 Å². The number of ether oxygens (including phenoxy) is 1. The normalized spacial score (nSPS) is 15.2. The van der Waals surface area contributed by atoms with Crippen molar-refractivity contribution < 1.29 is 19.0 Å². The lowest BCUT2D eigenvalue weighted by atomic mass is 10.0. The molecule has 0 unspecified atom stereocenters. The van der Waals surface area contributed by atoms with E-state index in [-0.39, 0.29) is 12.5 Å². The fourth-order valence-electron chi connectivity index (χ4n) is 3.60. The Bertz CT molecular complexity index is 924. The fraction of sp³-hybridized carbons (Fsp3) is 0.333. The van der Waals surface area contributed by atoms with Gasteiger partial charge in [0.05, 0.1) is 26.2 Å². The molecule has 0 aliphatic carbocycles. The van der Waals surface area contributed by atoms with Gasteiger partial charge in [0.15, 0.2) is 6.61 Å². The standard InChI is InChI=1S/C21H23N3O3/c1-16-13-20(22-27-16)26-15-21(25)24-11-9-23(10-12-24)14-18-7-4-6-17-5-2-3-8-19(17)18/h2-8,13H,9-12,14-15H2,1H3/p+1. The number of fused-ring (bicyclic) bond motifs is 1. The molecule has 4 rings (SSSR count). The second-order valence-corrected chi connectivity index (χ2v) is 7.01. The number of amides is 1. The first-order valence-electron chi connectivity index (χ1n) is 9.33. The molecule has 2 aromatic carbocycles. The zero-order valence-corrected chi connectivity index (χ0v) is 15.5. The first-order chi connectivity index (χ1) is 13.2. The molecule has 1 aromatic heterocycles. The van der Waals surface area contributed by atoms with Gasteiger partial charge in [-0.1, -0.05) is 42.5 Å². The summed E-state index contributed by atoms with van der Waals surface area (Å²) in [5, 5.41) is 6.35. The minimum absolute atomic E-state index is 0.000126.